The summed E-state index contributed by atoms with van der Waals surface area (Å²) in [5.41, 5.74) is 0.725. The summed E-state index contributed by atoms with van der Waals surface area (Å²) in [4.78, 5) is 18.6. The van der Waals surface area contributed by atoms with Crippen molar-refractivity contribution in [1.82, 2.24) is 9.88 Å². The van der Waals surface area contributed by atoms with Crippen molar-refractivity contribution in [2.45, 2.75) is 45.1 Å². The molecule has 1 amide bonds. The van der Waals surface area contributed by atoms with Crippen molar-refractivity contribution in [2.24, 2.45) is 0 Å². The van der Waals surface area contributed by atoms with Gasteiger partial charge in [0.1, 0.15) is 5.82 Å². The van der Waals surface area contributed by atoms with Crippen LogP contribution in [0.2, 0.25) is 0 Å². The van der Waals surface area contributed by atoms with Gasteiger partial charge in [0.2, 0.25) is 0 Å². The van der Waals surface area contributed by atoms with Gasteiger partial charge in [-0.3, -0.25) is 4.79 Å². The van der Waals surface area contributed by atoms with Gasteiger partial charge in [0, 0.05) is 31.4 Å². The van der Waals surface area contributed by atoms with E-state index in [1.165, 1.54) is 12.8 Å². The highest BCUT2D eigenvalue weighted by Gasteiger charge is 2.24. The zero-order valence-corrected chi connectivity index (χ0v) is 11.9. The van der Waals surface area contributed by atoms with Crippen molar-refractivity contribution >= 4 is 11.7 Å². The molecule has 4 nitrogen and oxygen atoms in total. The van der Waals surface area contributed by atoms with Crippen molar-refractivity contribution in [3.8, 4) is 0 Å². The largest absolute Gasteiger partial charge is 0.370 e. The highest BCUT2D eigenvalue weighted by Crippen LogP contribution is 2.23. The van der Waals surface area contributed by atoms with Crippen LogP contribution < -0.4 is 5.32 Å². The predicted octanol–water partition coefficient (Wildman–Crippen LogP) is 2.92. The number of nitrogens with zero attached hydrogens (tertiary/aromatic N) is 2. The van der Waals surface area contributed by atoms with Gasteiger partial charge < -0.3 is 10.2 Å². The molecule has 1 N–H and O–H groups in total. The quantitative estimate of drug-likeness (QED) is 0.886. The number of carbonyl (C=O) groups excluding carboxylic acids is 1. The Labute approximate surface area is 115 Å². The first-order valence-corrected chi connectivity index (χ1v) is 7.19. The Bertz CT molecular complexity index is 427. The lowest BCUT2D eigenvalue weighted by Gasteiger charge is -2.24. The molecule has 1 aromatic heterocycles. The maximum atomic E-state index is 12.4. The molecular weight excluding hydrogens is 238 g/mol. The monoisotopic (exact) mass is 261 g/mol. The minimum absolute atomic E-state index is 0.105. The van der Waals surface area contributed by atoms with E-state index in [0.717, 1.165) is 37.2 Å². The second kappa shape index (κ2) is 6.55. The molecule has 1 aromatic rings. The molecule has 1 fully saturated rings. The van der Waals surface area contributed by atoms with Crippen LogP contribution in [0.3, 0.4) is 0 Å². The highest BCUT2D eigenvalue weighted by molar-refractivity contribution is 5.94. The highest BCUT2D eigenvalue weighted by atomic mass is 16.2. The number of anilines is 1. The van der Waals surface area contributed by atoms with E-state index < -0.39 is 0 Å². The second-order valence-electron chi connectivity index (χ2n) is 5.21. The summed E-state index contributed by atoms with van der Waals surface area (Å²) in [5.74, 6) is 0.890. The van der Waals surface area contributed by atoms with Crippen molar-refractivity contribution < 1.29 is 4.79 Å². The number of hydrogen-bond acceptors (Lipinski definition) is 3. The van der Waals surface area contributed by atoms with Crippen LogP contribution in [-0.2, 0) is 0 Å². The lowest BCUT2D eigenvalue weighted by Crippen LogP contribution is -2.35. The molecule has 1 aliphatic carbocycles. The summed E-state index contributed by atoms with van der Waals surface area (Å²) in [5, 5.41) is 3.22. The van der Waals surface area contributed by atoms with Crippen LogP contribution in [0.5, 0.6) is 0 Å². The molecule has 4 heteroatoms. The van der Waals surface area contributed by atoms with Crippen LogP contribution in [0.1, 0.15) is 49.4 Å². The van der Waals surface area contributed by atoms with Gasteiger partial charge in [0.15, 0.2) is 0 Å². The fourth-order valence-electron chi connectivity index (χ4n) is 2.57. The van der Waals surface area contributed by atoms with Crippen molar-refractivity contribution in [3.05, 3.63) is 23.9 Å². The van der Waals surface area contributed by atoms with Gasteiger partial charge in [0.05, 0.1) is 0 Å². The predicted molar refractivity (Wildman–Crippen MR) is 77.4 cm³/mol. The lowest BCUT2D eigenvalue weighted by atomic mass is 10.1. The Hall–Kier alpha value is -1.58. The number of rotatable bonds is 5. The zero-order chi connectivity index (χ0) is 13.7. The van der Waals surface area contributed by atoms with Gasteiger partial charge in [-0.25, -0.2) is 4.98 Å². The fraction of sp³-hybridized carbons (Fsp3) is 0.600. The minimum Gasteiger partial charge on any atom is -0.370 e. The third kappa shape index (κ3) is 3.46. The fourth-order valence-corrected chi connectivity index (χ4v) is 2.57. The molecule has 19 heavy (non-hydrogen) atoms. The molecular formula is C15H23N3O. The van der Waals surface area contributed by atoms with Gasteiger partial charge in [-0.1, -0.05) is 19.8 Å². The van der Waals surface area contributed by atoms with Gasteiger partial charge in [-0.2, -0.15) is 0 Å². The maximum Gasteiger partial charge on any atom is 0.254 e. The van der Waals surface area contributed by atoms with Crippen LogP contribution >= 0.6 is 0 Å². The van der Waals surface area contributed by atoms with Crippen molar-refractivity contribution in [2.75, 3.05) is 18.9 Å². The average molecular weight is 261 g/mol. The Balaban J connectivity index is 2.05. The Morgan fingerprint density at radius 1 is 1.47 bits per heavy atom. The van der Waals surface area contributed by atoms with Crippen LogP contribution in [0.15, 0.2) is 18.3 Å². The summed E-state index contributed by atoms with van der Waals surface area (Å²) in [6.45, 7) is 2.99. The van der Waals surface area contributed by atoms with E-state index in [-0.39, 0.29) is 5.91 Å². The van der Waals surface area contributed by atoms with E-state index in [2.05, 4.69) is 17.2 Å². The van der Waals surface area contributed by atoms with E-state index in [1.807, 2.05) is 18.0 Å². The van der Waals surface area contributed by atoms with Crippen molar-refractivity contribution in [1.29, 1.82) is 0 Å². The van der Waals surface area contributed by atoms with Gasteiger partial charge in [-0.05, 0) is 31.4 Å². The zero-order valence-electron chi connectivity index (χ0n) is 11.9. The van der Waals surface area contributed by atoms with Crippen molar-refractivity contribution in [3.63, 3.8) is 0 Å². The number of aromatic nitrogens is 1. The van der Waals surface area contributed by atoms with Gasteiger partial charge >= 0.3 is 0 Å². The Morgan fingerprint density at radius 3 is 2.89 bits per heavy atom. The summed E-state index contributed by atoms with van der Waals surface area (Å²) in [6, 6.07) is 4.06. The third-order valence-corrected chi connectivity index (χ3v) is 3.76. The molecule has 1 aliphatic rings. The van der Waals surface area contributed by atoms with Crippen LogP contribution in [0, 0.1) is 0 Å². The molecule has 0 aliphatic heterocycles. The normalized spacial score (nSPS) is 15.5. The van der Waals surface area contributed by atoms with E-state index in [1.54, 1.807) is 12.3 Å². The number of carbonyl (C=O) groups is 1. The van der Waals surface area contributed by atoms with Crippen LogP contribution in [0.4, 0.5) is 5.82 Å². The average Bonchev–Trinajstić information content (AvgIpc) is 2.98. The number of nitrogens with one attached hydrogen (secondary N) is 1. The Kier molecular flexibility index (Phi) is 4.77. The number of amides is 1. The number of pyridine rings is 1. The molecule has 0 aromatic carbocycles. The second-order valence-corrected chi connectivity index (χ2v) is 5.21. The topological polar surface area (TPSA) is 45.2 Å². The molecule has 0 radical (unpaired) electrons. The molecule has 0 unspecified atom stereocenters. The van der Waals surface area contributed by atoms with Crippen LogP contribution in [0.25, 0.3) is 0 Å². The first kappa shape index (κ1) is 13.8. The molecule has 2 rings (SSSR count). The third-order valence-electron chi connectivity index (χ3n) is 3.76. The first-order chi connectivity index (χ1) is 9.22. The standard InChI is InChI=1S/C15H23N3O/c1-3-9-16-14-11-12(8-10-17-14)15(19)18(2)13-6-4-5-7-13/h8,10-11,13H,3-7,9H2,1-2H3,(H,16,17). The van der Waals surface area contributed by atoms with E-state index >= 15 is 0 Å². The Morgan fingerprint density at radius 2 is 2.21 bits per heavy atom. The van der Waals surface area contributed by atoms with E-state index in [0.29, 0.717) is 6.04 Å². The summed E-state index contributed by atoms with van der Waals surface area (Å²) >= 11 is 0. The van der Waals surface area contributed by atoms with Gasteiger partial charge in [-0.15, -0.1) is 0 Å². The van der Waals surface area contributed by atoms with Crippen LogP contribution in [-0.4, -0.2) is 35.4 Å². The van der Waals surface area contributed by atoms with E-state index in [9.17, 15) is 4.79 Å². The smallest absolute Gasteiger partial charge is 0.254 e. The number of hydrogen-bond donors (Lipinski definition) is 1. The summed E-state index contributed by atoms with van der Waals surface area (Å²) in [6.07, 6.45) is 7.49. The minimum atomic E-state index is 0.105. The van der Waals surface area contributed by atoms with Gasteiger partial charge in [0.25, 0.3) is 5.91 Å². The lowest BCUT2D eigenvalue weighted by molar-refractivity contribution is 0.0735. The molecule has 0 atom stereocenters. The van der Waals surface area contributed by atoms with E-state index in [4.69, 9.17) is 0 Å². The summed E-state index contributed by atoms with van der Waals surface area (Å²) in [7, 11) is 1.91. The molecule has 0 spiro atoms. The summed E-state index contributed by atoms with van der Waals surface area (Å²) < 4.78 is 0. The SMILES string of the molecule is CCCNc1cc(C(=O)N(C)C2CCCC2)ccn1. The molecule has 0 saturated heterocycles. The maximum absolute atomic E-state index is 12.4. The molecule has 0 bridgehead atoms. The molecule has 104 valence electrons. The molecule has 1 heterocycles. The molecule has 1 saturated carbocycles. The first-order valence-electron chi connectivity index (χ1n) is 7.19.